The van der Waals surface area contributed by atoms with E-state index in [4.69, 9.17) is 5.11 Å². The molecule has 0 radical (unpaired) electrons. The van der Waals surface area contributed by atoms with Crippen LogP contribution in [0, 0.1) is 0 Å². The quantitative estimate of drug-likeness (QED) is 0.856. The average Bonchev–Trinajstić information content (AvgIpc) is 2.67. The Kier molecular flexibility index (Phi) is 3.19. The van der Waals surface area contributed by atoms with Gasteiger partial charge in [-0.2, -0.15) is 11.8 Å². The molecule has 0 unspecified atom stereocenters. The van der Waals surface area contributed by atoms with E-state index in [2.05, 4.69) is 18.0 Å². The number of aromatic amines is 1. The first-order chi connectivity index (χ1) is 7.70. The molecule has 3 nitrogen and oxygen atoms in total. The maximum Gasteiger partial charge on any atom is 0.335 e. The molecule has 1 aromatic carbocycles. The summed E-state index contributed by atoms with van der Waals surface area (Å²) < 4.78 is 0. The number of hydrogen-bond donors (Lipinski definition) is 2. The minimum atomic E-state index is -0.888. The lowest BCUT2D eigenvalue weighted by atomic mass is 10.2. The van der Waals surface area contributed by atoms with Gasteiger partial charge in [0, 0.05) is 17.0 Å². The Labute approximate surface area is 97.9 Å². The Balaban J connectivity index is 2.34. The van der Waals surface area contributed by atoms with Gasteiger partial charge >= 0.3 is 5.97 Å². The normalized spacial score (nSPS) is 10.8. The summed E-state index contributed by atoms with van der Waals surface area (Å²) >= 11 is 1.84. The van der Waals surface area contributed by atoms with Crippen LogP contribution in [0.3, 0.4) is 0 Å². The minimum Gasteiger partial charge on any atom is -0.478 e. The molecule has 0 aliphatic heterocycles. The van der Waals surface area contributed by atoms with Crippen molar-refractivity contribution in [3.05, 3.63) is 35.5 Å². The number of carbonyl (C=O) groups is 1. The predicted molar refractivity (Wildman–Crippen MR) is 67.1 cm³/mol. The van der Waals surface area contributed by atoms with Gasteiger partial charge in [-0.05, 0) is 29.3 Å². The maximum atomic E-state index is 10.8. The zero-order chi connectivity index (χ0) is 11.5. The topological polar surface area (TPSA) is 53.1 Å². The maximum absolute atomic E-state index is 10.8. The molecule has 0 fully saturated rings. The molecule has 84 valence electrons. The van der Waals surface area contributed by atoms with Crippen LogP contribution in [0.2, 0.25) is 0 Å². The van der Waals surface area contributed by atoms with Crippen LogP contribution in [0.4, 0.5) is 0 Å². The second kappa shape index (κ2) is 4.61. The first kappa shape index (κ1) is 11.1. The zero-order valence-corrected chi connectivity index (χ0v) is 9.80. The highest BCUT2D eigenvalue weighted by Crippen LogP contribution is 2.20. The standard InChI is InChI=1S/C12H13NO2S/c1-2-16-7-10-5-8-3-4-9(12(14)15)6-11(8)13-10/h3-6,13H,2,7H2,1H3,(H,14,15). The van der Waals surface area contributed by atoms with Crippen LogP contribution in [0.1, 0.15) is 23.0 Å². The number of benzene rings is 1. The van der Waals surface area contributed by atoms with E-state index in [1.165, 1.54) is 0 Å². The summed E-state index contributed by atoms with van der Waals surface area (Å²) in [5.41, 5.74) is 2.36. The monoisotopic (exact) mass is 235 g/mol. The Morgan fingerprint density at radius 1 is 1.44 bits per heavy atom. The summed E-state index contributed by atoms with van der Waals surface area (Å²) in [6, 6.07) is 7.23. The smallest absolute Gasteiger partial charge is 0.335 e. The lowest BCUT2D eigenvalue weighted by molar-refractivity contribution is 0.0697. The van der Waals surface area contributed by atoms with Gasteiger partial charge in [0.25, 0.3) is 0 Å². The van der Waals surface area contributed by atoms with Crippen molar-refractivity contribution in [2.75, 3.05) is 5.75 Å². The lowest BCUT2D eigenvalue weighted by Gasteiger charge is -1.94. The number of H-pyrrole nitrogens is 1. The second-order valence-electron chi connectivity index (χ2n) is 3.54. The first-order valence-electron chi connectivity index (χ1n) is 5.13. The van der Waals surface area contributed by atoms with E-state index >= 15 is 0 Å². The zero-order valence-electron chi connectivity index (χ0n) is 8.99. The summed E-state index contributed by atoms with van der Waals surface area (Å²) in [4.78, 5) is 14.0. The number of carboxylic acid groups (broad SMARTS) is 1. The molecular weight excluding hydrogens is 222 g/mol. The highest BCUT2D eigenvalue weighted by Gasteiger charge is 2.05. The van der Waals surface area contributed by atoms with Gasteiger partial charge in [0.15, 0.2) is 0 Å². The molecule has 0 aliphatic carbocycles. The van der Waals surface area contributed by atoms with Crippen molar-refractivity contribution in [3.63, 3.8) is 0 Å². The third kappa shape index (κ3) is 2.22. The number of aromatic carboxylic acids is 1. The van der Waals surface area contributed by atoms with E-state index in [9.17, 15) is 4.79 Å². The third-order valence-electron chi connectivity index (χ3n) is 2.39. The Bertz CT molecular complexity index is 519. The van der Waals surface area contributed by atoms with E-state index in [1.807, 2.05) is 17.8 Å². The van der Waals surface area contributed by atoms with Crippen molar-refractivity contribution in [2.24, 2.45) is 0 Å². The summed E-state index contributed by atoms with van der Waals surface area (Å²) in [7, 11) is 0. The van der Waals surface area contributed by atoms with Crippen LogP contribution in [-0.2, 0) is 5.75 Å². The fourth-order valence-electron chi connectivity index (χ4n) is 1.61. The third-order valence-corrected chi connectivity index (χ3v) is 3.31. The van der Waals surface area contributed by atoms with E-state index in [1.54, 1.807) is 12.1 Å². The number of aromatic nitrogens is 1. The van der Waals surface area contributed by atoms with Crippen LogP contribution in [0.15, 0.2) is 24.3 Å². The molecule has 2 N–H and O–H groups in total. The van der Waals surface area contributed by atoms with Crippen molar-refractivity contribution in [3.8, 4) is 0 Å². The molecule has 0 spiro atoms. The van der Waals surface area contributed by atoms with Crippen molar-refractivity contribution < 1.29 is 9.90 Å². The highest BCUT2D eigenvalue weighted by molar-refractivity contribution is 7.98. The summed E-state index contributed by atoms with van der Waals surface area (Å²) in [5.74, 6) is 1.13. The Morgan fingerprint density at radius 3 is 2.94 bits per heavy atom. The summed E-state index contributed by atoms with van der Waals surface area (Å²) in [6.07, 6.45) is 0. The van der Waals surface area contributed by atoms with Gasteiger partial charge in [0.2, 0.25) is 0 Å². The van der Waals surface area contributed by atoms with Gasteiger partial charge in [-0.15, -0.1) is 0 Å². The van der Waals surface area contributed by atoms with Crippen molar-refractivity contribution in [1.82, 2.24) is 4.98 Å². The van der Waals surface area contributed by atoms with Gasteiger partial charge in [0.1, 0.15) is 0 Å². The SMILES string of the molecule is CCSCc1cc2ccc(C(=O)O)cc2[nH]1. The van der Waals surface area contributed by atoms with Crippen LogP contribution < -0.4 is 0 Å². The van der Waals surface area contributed by atoms with E-state index in [0.29, 0.717) is 5.56 Å². The molecule has 1 aromatic heterocycles. The van der Waals surface area contributed by atoms with E-state index < -0.39 is 5.97 Å². The predicted octanol–water partition coefficient (Wildman–Crippen LogP) is 3.12. The molecule has 2 aromatic rings. The van der Waals surface area contributed by atoms with Gasteiger partial charge in [-0.3, -0.25) is 0 Å². The van der Waals surface area contributed by atoms with Crippen LogP contribution in [0.25, 0.3) is 10.9 Å². The summed E-state index contributed by atoms with van der Waals surface area (Å²) in [6.45, 7) is 2.12. The Morgan fingerprint density at radius 2 is 2.25 bits per heavy atom. The molecule has 0 atom stereocenters. The molecule has 0 amide bonds. The Hall–Kier alpha value is -1.42. The molecule has 0 aliphatic rings. The van der Waals surface area contributed by atoms with Crippen molar-refractivity contribution in [2.45, 2.75) is 12.7 Å². The van der Waals surface area contributed by atoms with Gasteiger partial charge in [0.05, 0.1) is 5.56 Å². The molecule has 16 heavy (non-hydrogen) atoms. The van der Waals surface area contributed by atoms with Crippen LogP contribution in [-0.4, -0.2) is 21.8 Å². The van der Waals surface area contributed by atoms with Gasteiger partial charge < -0.3 is 10.1 Å². The van der Waals surface area contributed by atoms with E-state index in [0.717, 1.165) is 28.1 Å². The van der Waals surface area contributed by atoms with Crippen LogP contribution >= 0.6 is 11.8 Å². The minimum absolute atomic E-state index is 0.323. The summed E-state index contributed by atoms with van der Waals surface area (Å²) in [5, 5.41) is 9.94. The molecule has 1 heterocycles. The number of carboxylic acids is 1. The van der Waals surface area contributed by atoms with Gasteiger partial charge in [-0.1, -0.05) is 13.0 Å². The van der Waals surface area contributed by atoms with Crippen LogP contribution in [0.5, 0.6) is 0 Å². The largest absolute Gasteiger partial charge is 0.478 e. The van der Waals surface area contributed by atoms with Crippen molar-refractivity contribution >= 4 is 28.6 Å². The fourth-order valence-corrected chi connectivity index (χ4v) is 2.19. The van der Waals surface area contributed by atoms with E-state index in [-0.39, 0.29) is 0 Å². The number of nitrogens with one attached hydrogen (secondary N) is 1. The molecule has 0 saturated heterocycles. The molecule has 4 heteroatoms. The molecule has 0 saturated carbocycles. The average molecular weight is 235 g/mol. The van der Waals surface area contributed by atoms with Gasteiger partial charge in [-0.25, -0.2) is 4.79 Å². The molecule has 0 bridgehead atoms. The number of rotatable bonds is 4. The first-order valence-corrected chi connectivity index (χ1v) is 6.29. The molecular formula is C12H13NO2S. The molecule has 2 rings (SSSR count). The lowest BCUT2D eigenvalue weighted by Crippen LogP contribution is -1.94. The second-order valence-corrected chi connectivity index (χ2v) is 4.81. The number of hydrogen-bond acceptors (Lipinski definition) is 2. The highest BCUT2D eigenvalue weighted by atomic mass is 32.2. The number of fused-ring (bicyclic) bond motifs is 1. The van der Waals surface area contributed by atoms with Crippen molar-refractivity contribution in [1.29, 1.82) is 0 Å². The fraction of sp³-hybridized carbons (Fsp3) is 0.250. The number of thioether (sulfide) groups is 1.